The molecule has 3 aliphatic carbocycles. The van der Waals surface area contributed by atoms with Crippen molar-refractivity contribution < 1.29 is 0 Å². The molecule has 3 rings (SSSR count). The van der Waals surface area contributed by atoms with Gasteiger partial charge < -0.3 is 10.2 Å². The van der Waals surface area contributed by atoms with Crippen molar-refractivity contribution in [2.75, 3.05) is 26.2 Å². The second kappa shape index (κ2) is 6.79. The second-order valence-corrected chi connectivity index (χ2v) is 7.89. The monoisotopic (exact) mass is 278 g/mol. The van der Waals surface area contributed by atoms with Gasteiger partial charge in [0.2, 0.25) is 0 Å². The lowest BCUT2D eigenvalue weighted by Gasteiger charge is -2.41. The zero-order chi connectivity index (χ0) is 13.8. The van der Waals surface area contributed by atoms with Gasteiger partial charge in [0.05, 0.1) is 0 Å². The molecule has 1 N–H and O–H groups in total. The van der Waals surface area contributed by atoms with Gasteiger partial charge >= 0.3 is 0 Å². The highest BCUT2D eigenvalue weighted by atomic mass is 15.1. The molecule has 0 aromatic rings. The molecular weight excluding hydrogens is 244 g/mol. The summed E-state index contributed by atoms with van der Waals surface area (Å²) in [6, 6.07) is 0.872. The predicted octanol–water partition coefficient (Wildman–Crippen LogP) is 3.81. The molecule has 0 bridgehead atoms. The first-order chi connectivity index (χ1) is 9.80. The number of rotatable bonds is 9. The number of hydrogen-bond acceptors (Lipinski definition) is 2. The first-order valence-corrected chi connectivity index (χ1v) is 9.25. The zero-order valence-corrected chi connectivity index (χ0v) is 13.5. The van der Waals surface area contributed by atoms with Gasteiger partial charge in [-0.3, -0.25) is 0 Å². The maximum absolute atomic E-state index is 3.86. The van der Waals surface area contributed by atoms with E-state index in [1.807, 2.05) is 0 Å². The highest BCUT2D eigenvalue weighted by Gasteiger charge is 2.36. The molecule has 0 aromatic carbocycles. The molecule has 0 spiro atoms. The van der Waals surface area contributed by atoms with Crippen LogP contribution in [0.15, 0.2) is 0 Å². The molecule has 0 amide bonds. The van der Waals surface area contributed by atoms with Crippen molar-refractivity contribution in [2.45, 2.75) is 77.2 Å². The van der Waals surface area contributed by atoms with Gasteiger partial charge in [-0.05, 0) is 62.8 Å². The summed E-state index contributed by atoms with van der Waals surface area (Å²) >= 11 is 0. The Hall–Kier alpha value is -0.0800. The molecule has 116 valence electrons. The lowest BCUT2D eigenvalue weighted by Crippen LogP contribution is -2.46. The summed E-state index contributed by atoms with van der Waals surface area (Å²) in [5.74, 6) is 1.04. The maximum Gasteiger partial charge on any atom is 0.00684 e. The third-order valence-electron chi connectivity index (χ3n) is 5.57. The van der Waals surface area contributed by atoms with Crippen LogP contribution in [0.5, 0.6) is 0 Å². The first-order valence-electron chi connectivity index (χ1n) is 9.25. The van der Waals surface area contributed by atoms with Crippen LogP contribution in [0.2, 0.25) is 0 Å². The van der Waals surface area contributed by atoms with Crippen LogP contribution in [0, 0.1) is 11.3 Å². The first kappa shape index (κ1) is 14.8. The lowest BCUT2D eigenvalue weighted by molar-refractivity contribution is 0.0984. The van der Waals surface area contributed by atoms with Gasteiger partial charge in [-0.15, -0.1) is 0 Å². The Morgan fingerprint density at radius 1 is 1.05 bits per heavy atom. The van der Waals surface area contributed by atoms with Gasteiger partial charge in [-0.1, -0.05) is 26.2 Å². The van der Waals surface area contributed by atoms with Crippen LogP contribution in [-0.2, 0) is 0 Å². The zero-order valence-electron chi connectivity index (χ0n) is 13.5. The molecule has 0 radical (unpaired) electrons. The topological polar surface area (TPSA) is 15.3 Å². The Labute approximate surface area is 125 Å². The van der Waals surface area contributed by atoms with Crippen LogP contribution < -0.4 is 5.32 Å². The van der Waals surface area contributed by atoms with Crippen molar-refractivity contribution in [3.63, 3.8) is 0 Å². The molecule has 0 heterocycles. The predicted molar refractivity (Wildman–Crippen MR) is 86.0 cm³/mol. The van der Waals surface area contributed by atoms with Gasteiger partial charge in [0, 0.05) is 25.7 Å². The number of hydrogen-bond donors (Lipinski definition) is 1. The Balaban J connectivity index is 1.56. The average molecular weight is 278 g/mol. The Morgan fingerprint density at radius 2 is 1.80 bits per heavy atom. The Kier molecular flexibility index (Phi) is 5.04. The summed E-state index contributed by atoms with van der Waals surface area (Å²) < 4.78 is 0. The van der Waals surface area contributed by atoms with Crippen molar-refractivity contribution in [1.29, 1.82) is 0 Å². The maximum atomic E-state index is 3.86. The molecule has 0 saturated heterocycles. The van der Waals surface area contributed by atoms with E-state index in [0.717, 1.165) is 12.0 Å². The minimum Gasteiger partial charge on any atom is -0.313 e. The van der Waals surface area contributed by atoms with Crippen LogP contribution in [-0.4, -0.2) is 37.1 Å². The third kappa shape index (κ3) is 4.46. The van der Waals surface area contributed by atoms with E-state index in [-0.39, 0.29) is 0 Å². The number of nitrogens with zero attached hydrogens (tertiary/aromatic N) is 1. The standard InChI is InChI=1S/C18H34N2/c1-2-12-20(13-16-6-7-16)15-18(10-4-3-5-11-18)14-19-17-8-9-17/h16-17,19H,2-15H2,1H3. The smallest absolute Gasteiger partial charge is 0.00684 e. The van der Waals surface area contributed by atoms with E-state index in [9.17, 15) is 0 Å². The molecule has 3 saturated carbocycles. The van der Waals surface area contributed by atoms with Crippen LogP contribution >= 0.6 is 0 Å². The van der Waals surface area contributed by atoms with Crippen LogP contribution in [0.3, 0.4) is 0 Å². The van der Waals surface area contributed by atoms with E-state index in [0.29, 0.717) is 5.41 Å². The minimum atomic E-state index is 0.602. The van der Waals surface area contributed by atoms with Gasteiger partial charge in [0.15, 0.2) is 0 Å². The van der Waals surface area contributed by atoms with Gasteiger partial charge in [0.1, 0.15) is 0 Å². The van der Waals surface area contributed by atoms with Crippen LogP contribution in [0.25, 0.3) is 0 Å². The molecule has 0 atom stereocenters. The third-order valence-corrected chi connectivity index (χ3v) is 5.57. The van der Waals surface area contributed by atoms with Gasteiger partial charge in [-0.2, -0.15) is 0 Å². The fourth-order valence-corrected chi connectivity index (χ4v) is 4.03. The summed E-state index contributed by atoms with van der Waals surface area (Å²) in [6.07, 6.45) is 14.5. The molecule has 2 heteroatoms. The van der Waals surface area contributed by atoms with Crippen molar-refractivity contribution in [3.8, 4) is 0 Å². The fourth-order valence-electron chi connectivity index (χ4n) is 4.03. The Morgan fingerprint density at radius 3 is 2.40 bits per heavy atom. The van der Waals surface area contributed by atoms with Crippen molar-refractivity contribution >= 4 is 0 Å². The van der Waals surface area contributed by atoms with Crippen molar-refractivity contribution in [2.24, 2.45) is 11.3 Å². The van der Waals surface area contributed by atoms with Crippen LogP contribution in [0.4, 0.5) is 0 Å². The molecule has 20 heavy (non-hydrogen) atoms. The summed E-state index contributed by atoms with van der Waals surface area (Å²) in [6.45, 7) is 7.72. The Bertz CT molecular complexity index is 288. The van der Waals surface area contributed by atoms with E-state index in [1.165, 1.54) is 90.4 Å². The van der Waals surface area contributed by atoms with E-state index < -0.39 is 0 Å². The number of nitrogens with one attached hydrogen (secondary N) is 1. The van der Waals surface area contributed by atoms with Gasteiger partial charge in [0.25, 0.3) is 0 Å². The molecule has 0 aromatic heterocycles. The quantitative estimate of drug-likeness (QED) is 0.690. The van der Waals surface area contributed by atoms with E-state index in [1.54, 1.807) is 0 Å². The minimum absolute atomic E-state index is 0.602. The largest absolute Gasteiger partial charge is 0.313 e. The van der Waals surface area contributed by atoms with Crippen LogP contribution in [0.1, 0.15) is 71.1 Å². The fraction of sp³-hybridized carbons (Fsp3) is 1.00. The summed E-state index contributed by atoms with van der Waals surface area (Å²) in [7, 11) is 0. The van der Waals surface area contributed by atoms with Gasteiger partial charge in [-0.25, -0.2) is 0 Å². The molecule has 2 nitrogen and oxygen atoms in total. The average Bonchev–Trinajstić information content (AvgIpc) is 3.33. The van der Waals surface area contributed by atoms with E-state index >= 15 is 0 Å². The van der Waals surface area contributed by atoms with Crippen molar-refractivity contribution in [1.82, 2.24) is 10.2 Å². The lowest BCUT2D eigenvalue weighted by atomic mass is 9.73. The normalized spacial score (nSPS) is 26.1. The van der Waals surface area contributed by atoms with Crippen molar-refractivity contribution in [3.05, 3.63) is 0 Å². The molecule has 3 fully saturated rings. The molecule has 3 aliphatic rings. The highest BCUT2D eigenvalue weighted by Crippen LogP contribution is 2.38. The summed E-state index contributed by atoms with van der Waals surface area (Å²) in [5, 5.41) is 3.86. The SMILES string of the molecule is CCCN(CC1CC1)CC1(CNC2CC2)CCCCC1. The molecule has 0 unspecified atom stereocenters. The van der Waals surface area contributed by atoms with E-state index in [4.69, 9.17) is 0 Å². The van der Waals surface area contributed by atoms with E-state index in [2.05, 4.69) is 17.1 Å². The highest BCUT2D eigenvalue weighted by molar-refractivity contribution is 4.92. The molecule has 0 aliphatic heterocycles. The second-order valence-electron chi connectivity index (χ2n) is 7.89. The summed E-state index contributed by atoms with van der Waals surface area (Å²) in [4.78, 5) is 2.82. The molecular formula is C18H34N2. The summed E-state index contributed by atoms with van der Waals surface area (Å²) in [5.41, 5.74) is 0.602.